The van der Waals surface area contributed by atoms with Crippen molar-refractivity contribution in [2.75, 3.05) is 0 Å². The maximum Gasteiger partial charge on any atom is 0.308 e. The molecule has 11 heteroatoms. The van der Waals surface area contributed by atoms with Gasteiger partial charge in [0.05, 0.1) is 5.56 Å². The van der Waals surface area contributed by atoms with Gasteiger partial charge in [-0.15, -0.1) is 0 Å². The summed E-state index contributed by atoms with van der Waals surface area (Å²) in [4.78, 5) is 48.8. The van der Waals surface area contributed by atoms with Crippen LogP contribution in [0.2, 0.25) is 0 Å². The van der Waals surface area contributed by atoms with Gasteiger partial charge in [0.25, 0.3) is 5.91 Å². The number of nitrogens with two attached hydrogens (primary N) is 1. The minimum Gasteiger partial charge on any atom is -0.508 e. The van der Waals surface area contributed by atoms with E-state index in [2.05, 4.69) is 10.6 Å². The molecule has 0 spiro atoms. The number of phenolic OH excluding ortho intramolecular Hbond substituents is 1. The van der Waals surface area contributed by atoms with E-state index < -0.39 is 42.1 Å². The zero-order chi connectivity index (χ0) is 24.7. The van der Waals surface area contributed by atoms with Crippen LogP contribution in [0.4, 0.5) is 0 Å². The van der Waals surface area contributed by atoms with Crippen molar-refractivity contribution in [1.29, 1.82) is 0 Å². The Morgan fingerprint density at radius 3 is 2.18 bits per heavy atom. The van der Waals surface area contributed by atoms with E-state index in [-0.39, 0.29) is 22.8 Å². The van der Waals surface area contributed by atoms with Crippen LogP contribution in [0.5, 0.6) is 17.2 Å². The maximum atomic E-state index is 12.8. The third-order valence-corrected chi connectivity index (χ3v) is 4.31. The number of aromatic hydroxyl groups is 1. The van der Waals surface area contributed by atoms with Gasteiger partial charge in [0.15, 0.2) is 17.8 Å². The van der Waals surface area contributed by atoms with Crippen LogP contribution in [0.25, 0.3) is 0 Å². The highest BCUT2D eigenvalue weighted by atomic mass is 16.6. The second kappa shape index (κ2) is 11.0. The highest BCUT2D eigenvalue weighted by Gasteiger charge is 2.26. The zero-order valence-electron chi connectivity index (χ0n) is 18.2. The predicted octanol–water partition coefficient (Wildman–Crippen LogP) is 0.496. The van der Waals surface area contributed by atoms with Crippen molar-refractivity contribution in [3.63, 3.8) is 0 Å². The number of nitrogens with one attached hydrogen (secondary N) is 2. The normalized spacial score (nSPS) is 13.2. The predicted molar refractivity (Wildman–Crippen MR) is 115 cm³/mol. The topological polar surface area (TPSA) is 177 Å². The number of phenols is 1. The molecule has 3 amide bonds. The Kier molecular flexibility index (Phi) is 8.35. The van der Waals surface area contributed by atoms with E-state index in [1.807, 2.05) is 0 Å². The van der Waals surface area contributed by atoms with Gasteiger partial charge in [0, 0.05) is 6.92 Å². The molecule has 0 saturated carbocycles. The molecule has 0 radical (unpaired) electrons. The Morgan fingerprint density at radius 1 is 1.00 bits per heavy atom. The van der Waals surface area contributed by atoms with Crippen molar-refractivity contribution in [2.45, 2.75) is 39.1 Å². The molecular weight excluding hydrogens is 434 g/mol. The molecule has 33 heavy (non-hydrogen) atoms. The molecule has 6 N–H and O–H groups in total. The van der Waals surface area contributed by atoms with Crippen molar-refractivity contribution in [1.82, 2.24) is 10.6 Å². The molecule has 0 bridgehead atoms. The minimum atomic E-state index is -1.24. The third kappa shape index (κ3) is 6.94. The van der Waals surface area contributed by atoms with Crippen LogP contribution in [0.3, 0.4) is 0 Å². The Labute approximate surface area is 189 Å². The van der Waals surface area contributed by atoms with Crippen LogP contribution in [-0.4, -0.2) is 46.2 Å². The fraction of sp³-hybridized carbons (Fsp3) is 0.273. The monoisotopic (exact) mass is 459 g/mol. The highest BCUT2D eigenvalue weighted by Crippen LogP contribution is 2.32. The molecule has 3 unspecified atom stereocenters. The highest BCUT2D eigenvalue weighted by molar-refractivity contribution is 6.01. The average Bonchev–Trinajstić information content (AvgIpc) is 2.72. The van der Waals surface area contributed by atoms with Crippen molar-refractivity contribution < 1.29 is 38.9 Å². The third-order valence-electron chi connectivity index (χ3n) is 4.31. The molecule has 0 heterocycles. The molecule has 11 nitrogen and oxygen atoms in total. The number of para-hydroxylation sites is 1. The molecule has 0 aliphatic carbocycles. The van der Waals surface area contributed by atoms with Gasteiger partial charge in [-0.2, -0.15) is 0 Å². The van der Waals surface area contributed by atoms with Crippen LogP contribution < -0.4 is 25.8 Å². The first-order valence-electron chi connectivity index (χ1n) is 9.85. The number of esters is 1. The number of aliphatic hydroxyl groups is 1. The standard InChI is InChI=1S/C22H25N3O8/c1-11(21(30)25-18(20(23)29)14-7-9-15(28)10-8-14)24-22(31)16-5-4-6-17(32-12(2)26)19(16)33-13(3)27/h4-12,18,26,28H,1-3H3,(H2,23,29)(H,24,31)(H,25,30). The van der Waals surface area contributed by atoms with Gasteiger partial charge >= 0.3 is 5.97 Å². The molecule has 0 aromatic heterocycles. The number of primary amides is 1. The number of benzene rings is 2. The van der Waals surface area contributed by atoms with E-state index in [1.165, 1.54) is 56.3 Å². The van der Waals surface area contributed by atoms with Crippen LogP contribution in [0.1, 0.15) is 42.7 Å². The lowest BCUT2D eigenvalue weighted by Gasteiger charge is -2.20. The number of hydrogen-bond donors (Lipinski definition) is 5. The molecule has 0 aliphatic heterocycles. The van der Waals surface area contributed by atoms with E-state index >= 15 is 0 Å². The van der Waals surface area contributed by atoms with Crippen LogP contribution in [-0.2, 0) is 14.4 Å². The van der Waals surface area contributed by atoms with Gasteiger partial charge in [-0.3, -0.25) is 19.2 Å². The van der Waals surface area contributed by atoms with Crippen LogP contribution in [0, 0.1) is 0 Å². The quantitative estimate of drug-likeness (QED) is 0.204. The van der Waals surface area contributed by atoms with Gasteiger partial charge in [-0.05, 0) is 43.7 Å². The molecule has 2 aromatic rings. The molecule has 0 saturated heterocycles. The minimum absolute atomic E-state index is 0.0284. The first kappa shape index (κ1) is 25.1. The lowest BCUT2D eigenvalue weighted by Crippen LogP contribution is -2.48. The summed E-state index contributed by atoms with van der Waals surface area (Å²) in [6, 6.07) is 7.38. The number of carbonyl (C=O) groups is 4. The van der Waals surface area contributed by atoms with Crippen molar-refractivity contribution in [3.05, 3.63) is 53.6 Å². The molecule has 3 atom stereocenters. The molecule has 0 fully saturated rings. The smallest absolute Gasteiger partial charge is 0.308 e. The first-order chi connectivity index (χ1) is 15.5. The fourth-order valence-electron chi connectivity index (χ4n) is 2.81. The van der Waals surface area contributed by atoms with Gasteiger partial charge in [-0.1, -0.05) is 18.2 Å². The molecule has 2 aromatic carbocycles. The summed E-state index contributed by atoms with van der Waals surface area (Å²) in [5.74, 6) is -3.36. The second-order valence-corrected chi connectivity index (χ2v) is 7.07. The van der Waals surface area contributed by atoms with Gasteiger partial charge < -0.3 is 36.1 Å². The average molecular weight is 459 g/mol. The number of hydrogen-bond acceptors (Lipinski definition) is 8. The summed E-state index contributed by atoms with van der Waals surface area (Å²) >= 11 is 0. The largest absolute Gasteiger partial charge is 0.508 e. The van der Waals surface area contributed by atoms with Crippen LogP contribution in [0.15, 0.2) is 42.5 Å². The summed E-state index contributed by atoms with van der Waals surface area (Å²) in [7, 11) is 0. The number of ether oxygens (including phenoxy) is 2. The molecule has 176 valence electrons. The van der Waals surface area contributed by atoms with Gasteiger partial charge in [-0.25, -0.2) is 0 Å². The molecular formula is C22H25N3O8. The molecule has 2 rings (SSSR count). The lowest BCUT2D eigenvalue weighted by molar-refractivity contribution is -0.132. The summed E-state index contributed by atoms with van der Waals surface area (Å²) in [6.07, 6.45) is -1.24. The lowest BCUT2D eigenvalue weighted by atomic mass is 10.1. The number of rotatable bonds is 9. The van der Waals surface area contributed by atoms with E-state index in [0.29, 0.717) is 5.56 Å². The SMILES string of the molecule is CC(=O)Oc1c(OC(C)O)cccc1C(=O)NC(C)C(=O)NC(C(N)=O)c1ccc(O)cc1. The van der Waals surface area contributed by atoms with E-state index in [0.717, 1.165) is 6.92 Å². The maximum absolute atomic E-state index is 12.8. The first-order valence-corrected chi connectivity index (χ1v) is 9.85. The number of carbonyl (C=O) groups excluding carboxylic acids is 4. The Bertz CT molecular complexity index is 1040. The van der Waals surface area contributed by atoms with Crippen LogP contribution >= 0.6 is 0 Å². The summed E-state index contributed by atoms with van der Waals surface area (Å²) in [6.45, 7) is 3.84. The summed E-state index contributed by atoms with van der Waals surface area (Å²) < 4.78 is 10.3. The number of amides is 3. The van der Waals surface area contributed by atoms with Gasteiger partial charge in [0.2, 0.25) is 11.8 Å². The van der Waals surface area contributed by atoms with E-state index in [1.54, 1.807) is 0 Å². The zero-order valence-corrected chi connectivity index (χ0v) is 18.2. The molecule has 0 aliphatic rings. The Balaban J connectivity index is 2.20. The summed E-state index contributed by atoms with van der Waals surface area (Å²) in [5.41, 5.74) is 5.61. The number of aliphatic hydroxyl groups excluding tert-OH is 1. The summed E-state index contributed by atoms with van der Waals surface area (Å²) in [5, 5.41) is 23.8. The van der Waals surface area contributed by atoms with Crippen molar-refractivity contribution >= 4 is 23.7 Å². The Hall–Kier alpha value is -4.12. The second-order valence-electron chi connectivity index (χ2n) is 7.07. The fourth-order valence-corrected chi connectivity index (χ4v) is 2.81. The van der Waals surface area contributed by atoms with E-state index in [9.17, 15) is 29.4 Å². The van der Waals surface area contributed by atoms with E-state index in [4.69, 9.17) is 15.2 Å². The Morgan fingerprint density at radius 2 is 1.64 bits per heavy atom. The van der Waals surface area contributed by atoms with Crippen molar-refractivity contribution in [3.8, 4) is 17.2 Å². The van der Waals surface area contributed by atoms with Crippen molar-refractivity contribution in [2.24, 2.45) is 5.73 Å². The van der Waals surface area contributed by atoms with Gasteiger partial charge in [0.1, 0.15) is 17.8 Å².